The number of anilines is 1. The van der Waals surface area contributed by atoms with E-state index in [0.29, 0.717) is 11.3 Å². The van der Waals surface area contributed by atoms with Gasteiger partial charge in [0.2, 0.25) is 5.91 Å². The van der Waals surface area contributed by atoms with E-state index in [1.54, 1.807) is 30.3 Å². The number of methoxy groups -OCH3 is 1. The third-order valence-electron chi connectivity index (χ3n) is 5.32. The first-order valence-corrected chi connectivity index (χ1v) is 9.85. The van der Waals surface area contributed by atoms with Gasteiger partial charge in [-0.25, -0.2) is 0 Å². The van der Waals surface area contributed by atoms with Gasteiger partial charge in [-0.15, -0.1) is 0 Å². The molecule has 0 fully saturated rings. The van der Waals surface area contributed by atoms with Gasteiger partial charge in [0.05, 0.1) is 36.9 Å². The van der Waals surface area contributed by atoms with E-state index in [2.05, 4.69) is 10.3 Å². The second kappa shape index (κ2) is 8.37. The Labute approximate surface area is 175 Å². The number of nitrogens with one attached hydrogen (secondary N) is 1. The molecular formula is C24H23N3O3. The van der Waals surface area contributed by atoms with Gasteiger partial charge >= 0.3 is 0 Å². The molecule has 2 amide bonds. The van der Waals surface area contributed by atoms with Crippen LogP contribution in [0.4, 0.5) is 5.69 Å². The molecule has 1 aliphatic rings. The second-order valence-corrected chi connectivity index (χ2v) is 7.23. The van der Waals surface area contributed by atoms with Crippen molar-refractivity contribution in [3.63, 3.8) is 0 Å². The lowest BCUT2D eigenvalue weighted by molar-refractivity contribution is -0.122. The van der Waals surface area contributed by atoms with Crippen LogP contribution in [0.1, 0.15) is 47.0 Å². The third-order valence-corrected chi connectivity index (χ3v) is 5.32. The van der Waals surface area contributed by atoms with E-state index in [1.165, 1.54) is 0 Å². The number of aromatic nitrogens is 1. The lowest BCUT2D eigenvalue weighted by Gasteiger charge is -2.25. The van der Waals surface area contributed by atoms with Crippen LogP contribution in [-0.4, -0.2) is 23.9 Å². The first kappa shape index (κ1) is 19.6. The summed E-state index contributed by atoms with van der Waals surface area (Å²) >= 11 is 0. The predicted octanol–water partition coefficient (Wildman–Crippen LogP) is 4.06. The molecule has 0 aliphatic carbocycles. The molecule has 2 aromatic carbocycles. The maximum Gasteiger partial charge on any atom is 0.260 e. The van der Waals surface area contributed by atoms with Gasteiger partial charge in [-0.2, -0.15) is 0 Å². The molecular weight excluding hydrogens is 378 g/mol. The molecule has 3 aromatic rings. The molecule has 2 atom stereocenters. The zero-order valence-corrected chi connectivity index (χ0v) is 16.9. The summed E-state index contributed by atoms with van der Waals surface area (Å²) in [6.45, 7) is 1.93. The highest BCUT2D eigenvalue weighted by atomic mass is 16.5. The molecule has 0 spiro atoms. The molecule has 0 bridgehead atoms. The summed E-state index contributed by atoms with van der Waals surface area (Å²) in [5.74, 6) is 0.490. The van der Waals surface area contributed by atoms with Crippen LogP contribution in [0.25, 0.3) is 0 Å². The molecule has 6 heteroatoms. The maximum absolute atomic E-state index is 13.0. The Morgan fingerprint density at radius 2 is 1.83 bits per heavy atom. The number of amides is 2. The van der Waals surface area contributed by atoms with Gasteiger partial charge in [-0.3, -0.25) is 19.5 Å². The van der Waals surface area contributed by atoms with Crippen LogP contribution in [0.2, 0.25) is 0 Å². The number of ether oxygens (including phenoxy) is 1. The van der Waals surface area contributed by atoms with Crippen LogP contribution in [0.15, 0.2) is 72.9 Å². The van der Waals surface area contributed by atoms with Crippen molar-refractivity contribution in [1.82, 2.24) is 10.3 Å². The number of fused-ring (bicyclic) bond motifs is 1. The topological polar surface area (TPSA) is 71.5 Å². The number of para-hydroxylation sites is 1. The highest BCUT2D eigenvalue weighted by molar-refractivity contribution is 6.11. The fraction of sp³-hybridized carbons (Fsp3) is 0.208. The molecule has 0 unspecified atom stereocenters. The molecule has 152 valence electrons. The van der Waals surface area contributed by atoms with Crippen molar-refractivity contribution in [2.75, 3.05) is 12.0 Å². The van der Waals surface area contributed by atoms with Crippen molar-refractivity contribution in [2.24, 2.45) is 0 Å². The zero-order chi connectivity index (χ0) is 21.1. The Morgan fingerprint density at radius 3 is 2.53 bits per heavy atom. The minimum Gasteiger partial charge on any atom is -0.497 e. The smallest absolute Gasteiger partial charge is 0.260 e. The van der Waals surface area contributed by atoms with Crippen molar-refractivity contribution in [3.8, 4) is 5.75 Å². The van der Waals surface area contributed by atoms with Crippen LogP contribution in [0, 0.1) is 0 Å². The highest BCUT2D eigenvalue weighted by Gasteiger charge is 2.39. The molecule has 0 radical (unpaired) electrons. The SMILES string of the molecule is COc1ccc([C@@H](C)NC(=O)C[C@@H]2c3ncccc3C(=O)N2c2ccccc2)cc1. The van der Waals surface area contributed by atoms with E-state index in [4.69, 9.17) is 4.74 Å². The number of carbonyl (C=O) groups is 2. The Hall–Kier alpha value is -3.67. The fourth-order valence-corrected chi connectivity index (χ4v) is 3.78. The Morgan fingerprint density at radius 1 is 1.10 bits per heavy atom. The summed E-state index contributed by atoms with van der Waals surface area (Å²) in [6.07, 6.45) is 1.79. The number of benzene rings is 2. The first-order chi connectivity index (χ1) is 14.6. The van der Waals surface area contributed by atoms with E-state index in [9.17, 15) is 9.59 Å². The monoisotopic (exact) mass is 401 g/mol. The van der Waals surface area contributed by atoms with Gasteiger partial charge in [0.1, 0.15) is 5.75 Å². The third kappa shape index (κ3) is 3.76. The summed E-state index contributed by atoms with van der Waals surface area (Å²) in [7, 11) is 1.62. The second-order valence-electron chi connectivity index (χ2n) is 7.23. The molecule has 1 aliphatic heterocycles. The van der Waals surface area contributed by atoms with Gasteiger partial charge in [-0.1, -0.05) is 30.3 Å². The summed E-state index contributed by atoms with van der Waals surface area (Å²) in [4.78, 5) is 32.0. The first-order valence-electron chi connectivity index (χ1n) is 9.85. The molecule has 1 N–H and O–H groups in total. The van der Waals surface area contributed by atoms with Gasteiger partial charge in [-0.05, 0) is 48.9 Å². The van der Waals surface area contributed by atoms with Crippen LogP contribution in [-0.2, 0) is 4.79 Å². The summed E-state index contributed by atoms with van der Waals surface area (Å²) in [5.41, 5.74) is 2.91. The van der Waals surface area contributed by atoms with Gasteiger partial charge in [0.25, 0.3) is 5.91 Å². The standard InChI is InChI=1S/C24H23N3O3/c1-16(17-10-12-19(30-2)13-11-17)26-22(28)15-21-23-20(9-6-14-25-23)24(29)27(21)18-7-4-3-5-8-18/h3-14,16,21H,15H2,1-2H3,(H,26,28)/t16-,21-/m1/s1. The fourth-order valence-electron chi connectivity index (χ4n) is 3.78. The summed E-state index contributed by atoms with van der Waals surface area (Å²) in [6, 6.07) is 19.9. The summed E-state index contributed by atoms with van der Waals surface area (Å²) in [5, 5.41) is 3.03. The minimum absolute atomic E-state index is 0.130. The van der Waals surface area contributed by atoms with Crippen LogP contribution in [0.5, 0.6) is 5.75 Å². The van der Waals surface area contributed by atoms with Crippen molar-refractivity contribution in [2.45, 2.75) is 25.4 Å². The maximum atomic E-state index is 13.0. The molecule has 4 rings (SSSR count). The van der Waals surface area contributed by atoms with Gasteiger partial charge < -0.3 is 10.1 Å². The average Bonchev–Trinajstić information content (AvgIpc) is 3.06. The van der Waals surface area contributed by atoms with Crippen molar-refractivity contribution in [3.05, 3.63) is 89.7 Å². The lowest BCUT2D eigenvalue weighted by atomic mass is 10.1. The van der Waals surface area contributed by atoms with E-state index in [-0.39, 0.29) is 24.3 Å². The lowest BCUT2D eigenvalue weighted by Crippen LogP contribution is -2.34. The van der Waals surface area contributed by atoms with Crippen molar-refractivity contribution >= 4 is 17.5 Å². The van der Waals surface area contributed by atoms with E-state index >= 15 is 0 Å². The van der Waals surface area contributed by atoms with Crippen LogP contribution in [0.3, 0.4) is 0 Å². The summed E-state index contributed by atoms with van der Waals surface area (Å²) < 4.78 is 5.18. The number of carbonyl (C=O) groups excluding carboxylic acids is 2. The van der Waals surface area contributed by atoms with Crippen LogP contribution >= 0.6 is 0 Å². The van der Waals surface area contributed by atoms with E-state index in [1.807, 2.05) is 61.5 Å². The van der Waals surface area contributed by atoms with E-state index < -0.39 is 6.04 Å². The highest BCUT2D eigenvalue weighted by Crippen LogP contribution is 2.38. The molecule has 1 aromatic heterocycles. The number of rotatable bonds is 6. The quantitative estimate of drug-likeness (QED) is 0.676. The minimum atomic E-state index is -0.445. The van der Waals surface area contributed by atoms with Crippen molar-refractivity contribution in [1.29, 1.82) is 0 Å². The number of pyridine rings is 1. The largest absolute Gasteiger partial charge is 0.497 e. The molecule has 0 saturated carbocycles. The molecule has 6 nitrogen and oxygen atoms in total. The van der Waals surface area contributed by atoms with Gasteiger partial charge in [0, 0.05) is 11.9 Å². The average molecular weight is 401 g/mol. The molecule has 2 heterocycles. The Balaban J connectivity index is 1.54. The van der Waals surface area contributed by atoms with Crippen molar-refractivity contribution < 1.29 is 14.3 Å². The molecule has 0 saturated heterocycles. The number of hydrogen-bond acceptors (Lipinski definition) is 4. The number of nitrogens with zero attached hydrogens (tertiary/aromatic N) is 2. The van der Waals surface area contributed by atoms with Gasteiger partial charge in [0.15, 0.2) is 0 Å². The number of hydrogen-bond donors (Lipinski definition) is 1. The predicted molar refractivity (Wildman–Crippen MR) is 114 cm³/mol. The Kier molecular flexibility index (Phi) is 5.48. The van der Waals surface area contributed by atoms with E-state index in [0.717, 1.165) is 17.0 Å². The molecule has 30 heavy (non-hydrogen) atoms. The Bertz CT molecular complexity index is 1050. The zero-order valence-electron chi connectivity index (χ0n) is 16.9. The normalized spacial score (nSPS) is 16.1. The van der Waals surface area contributed by atoms with Crippen LogP contribution < -0.4 is 15.0 Å².